The number of piperidine rings is 1. The molecule has 0 spiro atoms. The van der Waals surface area contributed by atoms with Gasteiger partial charge in [-0.05, 0) is 42.0 Å². The lowest BCUT2D eigenvalue weighted by atomic mass is 9.95. The number of pyridine rings is 1. The van der Waals surface area contributed by atoms with Gasteiger partial charge >= 0.3 is 0 Å². The molecule has 142 valence electrons. The Morgan fingerprint density at radius 3 is 2.29 bits per heavy atom. The van der Waals surface area contributed by atoms with Crippen molar-refractivity contribution in [2.75, 3.05) is 6.54 Å². The van der Waals surface area contributed by atoms with Crippen molar-refractivity contribution < 1.29 is 4.79 Å². The van der Waals surface area contributed by atoms with Crippen molar-refractivity contribution in [2.45, 2.75) is 38.1 Å². The van der Waals surface area contributed by atoms with Gasteiger partial charge in [-0.1, -0.05) is 66.7 Å². The Labute approximate surface area is 167 Å². The molecule has 1 aromatic heterocycles. The third-order valence-corrected chi connectivity index (χ3v) is 5.48. The summed E-state index contributed by atoms with van der Waals surface area (Å²) in [6, 6.07) is 24.8. The van der Waals surface area contributed by atoms with E-state index in [4.69, 9.17) is 0 Å². The minimum Gasteiger partial charge on any atom is -0.335 e. The van der Waals surface area contributed by atoms with Crippen molar-refractivity contribution in [1.82, 2.24) is 9.88 Å². The molecule has 3 aromatic rings. The molecule has 0 aliphatic carbocycles. The number of hydrogen-bond acceptors (Lipinski definition) is 2. The van der Waals surface area contributed by atoms with E-state index < -0.39 is 0 Å². The van der Waals surface area contributed by atoms with Crippen LogP contribution in [0.15, 0.2) is 79.0 Å². The first-order chi connectivity index (χ1) is 13.8. The largest absolute Gasteiger partial charge is 0.335 e. The maximum atomic E-state index is 13.0. The average molecular weight is 370 g/mol. The van der Waals surface area contributed by atoms with Crippen LogP contribution in [0.4, 0.5) is 0 Å². The van der Waals surface area contributed by atoms with E-state index in [1.807, 2.05) is 42.6 Å². The van der Waals surface area contributed by atoms with Crippen LogP contribution in [0.25, 0.3) is 0 Å². The van der Waals surface area contributed by atoms with Crippen molar-refractivity contribution in [1.29, 1.82) is 0 Å². The summed E-state index contributed by atoms with van der Waals surface area (Å²) in [6.45, 7) is 0.835. The summed E-state index contributed by atoms with van der Waals surface area (Å²) in [4.78, 5) is 19.7. The lowest BCUT2D eigenvalue weighted by molar-refractivity contribution is -0.134. The molecule has 2 aromatic carbocycles. The molecule has 1 aliphatic rings. The zero-order valence-electron chi connectivity index (χ0n) is 16.1. The molecular weight excluding hydrogens is 344 g/mol. The maximum Gasteiger partial charge on any atom is 0.227 e. The fourth-order valence-corrected chi connectivity index (χ4v) is 3.99. The van der Waals surface area contributed by atoms with Crippen LogP contribution in [-0.2, 0) is 17.6 Å². The summed E-state index contributed by atoms with van der Waals surface area (Å²) >= 11 is 0. The molecule has 1 amide bonds. The molecule has 1 unspecified atom stereocenters. The first-order valence-corrected chi connectivity index (χ1v) is 10.1. The molecule has 1 saturated heterocycles. The first kappa shape index (κ1) is 18.4. The van der Waals surface area contributed by atoms with Gasteiger partial charge in [0.1, 0.15) is 0 Å². The van der Waals surface area contributed by atoms with E-state index in [0.29, 0.717) is 6.42 Å². The number of carbonyl (C=O) groups is 1. The van der Waals surface area contributed by atoms with Crippen molar-refractivity contribution in [3.8, 4) is 0 Å². The second kappa shape index (κ2) is 8.83. The van der Waals surface area contributed by atoms with Crippen LogP contribution < -0.4 is 0 Å². The van der Waals surface area contributed by atoms with E-state index in [1.54, 1.807) is 0 Å². The SMILES string of the molecule is O=C(Cc1ccccc1)N1CCCCC1c1ccc(Cc2ccccc2)nc1. The van der Waals surface area contributed by atoms with Gasteiger partial charge in [-0.25, -0.2) is 0 Å². The molecule has 0 N–H and O–H groups in total. The molecular formula is C25H26N2O. The summed E-state index contributed by atoms with van der Waals surface area (Å²) in [7, 11) is 0. The lowest BCUT2D eigenvalue weighted by Gasteiger charge is -2.36. The van der Waals surface area contributed by atoms with Gasteiger partial charge < -0.3 is 4.90 Å². The molecule has 0 radical (unpaired) electrons. The summed E-state index contributed by atoms with van der Waals surface area (Å²) in [5.74, 6) is 0.212. The fraction of sp³-hybridized carbons (Fsp3) is 0.280. The number of rotatable bonds is 5. The highest BCUT2D eigenvalue weighted by Gasteiger charge is 2.28. The quantitative estimate of drug-likeness (QED) is 0.635. The normalized spacial score (nSPS) is 16.7. The summed E-state index contributed by atoms with van der Waals surface area (Å²) in [5, 5.41) is 0. The van der Waals surface area contributed by atoms with Crippen LogP contribution in [0.1, 0.15) is 47.7 Å². The lowest BCUT2D eigenvalue weighted by Crippen LogP contribution is -2.39. The topological polar surface area (TPSA) is 33.2 Å². The Morgan fingerprint density at radius 2 is 1.61 bits per heavy atom. The second-order valence-corrected chi connectivity index (χ2v) is 7.51. The highest BCUT2D eigenvalue weighted by Crippen LogP contribution is 2.31. The number of hydrogen-bond donors (Lipinski definition) is 0. The Morgan fingerprint density at radius 1 is 0.893 bits per heavy atom. The number of carbonyl (C=O) groups excluding carboxylic acids is 1. The average Bonchev–Trinajstić information content (AvgIpc) is 2.76. The van der Waals surface area contributed by atoms with Gasteiger partial charge in [0.05, 0.1) is 12.5 Å². The highest BCUT2D eigenvalue weighted by molar-refractivity contribution is 5.79. The maximum absolute atomic E-state index is 13.0. The summed E-state index contributed by atoms with van der Waals surface area (Å²) in [6.07, 6.45) is 6.53. The van der Waals surface area contributed by atoms with E-state index in [-0.39, 0.29) is 11.9 Å². The number of amides is 1. The van der Waals surface area contributed by atoms with Gasteiger partial charge in [0.2, 0.25) is 5.91 Å². The van der Waals surface area contributed by atoms with E-state index in [9.17, 15) is 4.79 Å². The van der Waals surface area contributed by atoms with E-state index >= 15 is 0 Å². The van der Waals surface area contributed by atoms with Crippen LogP contribution in [0.5, 0.6) is 0 Å². The zero-order valence-corrected chi connectivity index (χ0v) is 16.1. The Balaban J connectivity index is 1.47. The Bertz CT molecular complexity index is 891. The van der Waals surface area contributed by atoms with E-state index in [2.05, 4.69) is 46.3 Å². The van der Waals surface area contributed by atoms with Crippen molar-refractivity contribution >= 4 is 5.91 Å². The number of likely N-dealkylation sites (tertiary alicyclic amines) is 1. The monoisotopic (exact) mass is 370 g/mol. The fourth-order valence-electron chi connectivity index (χ4n) is 3.99. The van der Waals surface area contributed by atoms with Gasteiger partial charge in [0.25, 0.3) is 0 Å². The molecule has 1 atom stereocenters. The highest BCUT2D eigenvalue weighted by atomic mass is 16.2. The molecule has 0 saturated carbocycles. The van der Waals surface area contributed by atoms with E-state index in [0.717, 1.165) is 49.0 Å². The number of nitrogens with zero attached hydrogens (tertiary/aromatic N) is 2. The molecule has 1 aliphatic heterocycles. The predicted octanol–water partition coefficient (Wildman–Crippen LogP) is 4.97. The summed E-state index contributed by atoms with van der Waals surface area (Å²) in [5.41, 5.74) is 4.55. The van der Waals surface area contributed by atoms with Crippen LogP contribution in [0.2, 0.25) is 0 Å². The van der Waals surface area contributed by atoms with Crippen molar-refractivity contribution in [2.24, 2.45) is 0 Å². The Kier molecular flexibility index (Phi) is 5.81. The van der Waals surface area contributed by atoms with Crippen LogP contribution in [0.3, 0.4) is 0 Å². The molecule has 0 bridgehead atoms. The van der Waals surface area contributed by atoms with Crippen LogP contribution >= 0.6 is 0 Å². The third kappa shape index (κ3) is 4.48. The van der Waals surface area contributed by atoms with Crippen LogP contribution in [0, 0.1) is 0 Å². The molecule has 28 heavy (non-hydrogen) atoms. The third-order valence-electron chi connectivity index (χ3n) is 5.48. The van der Waals surface area contributed by atoms with Gasteiger partial charge in [-0.3, -0.25) is 9.78 Å². The van der Waals surface area contributed by atoms with Crippen molar-refractivity contribution in [3.05, 3.63) is 101 Å². The van der Waals surface area contributed by atoms with Gasteiger partial charge in [-0.15, -0.1) is 0 Å². The van der Waals surface area contributed by atoms with Gasteiger partial charge in [0.15, 0.2) is 0 Å². The molecule has 3 heteroatoms. The van der Waals surface area contributed by atoms with Gasteiger partial charge in [-0.2, -0.15) is 0 Å². The molecule has 2 heterocycles. The first-order valence-electron chi connectivity index (χ1n) is 10.1. The minimum atomic E-state index is 0.142. The smallest absolute Gasteiger partial charge is 0.227 e. The standard InChI is InChI=1S/C25H26N2O/c28-25(18-21-11-5-2-6-12-21)27-16-8-7-13-24(27)22-14-15-23(26-19-22)17-20-9-3-1-4-10-20/h1-6,9-12,14-15,19,24H,7-8,13,16-18H2. The number of benzene rings is 2. The predicted molar refractivity (Wildman–Crippen MR) is 112 cm³/mol. The number of aromatic nitrogens is 1. The van der Waals surface area contributed by atoms with Gasteiger partial charge in [0, 0.05) is 24.9 Å². The minimum absolute atomic E-state index is 0.142. The molecule has 1 fully saturated rings. The zero-order chi connectivity index (χ0) is 19.2. The van der Waals surface area contributed by atoms with Crippen molar-refractivity contribution in [3.63, 3.8) is 0 Å². The Hall–Kier alpha value is -2.94. The van der Waals surface area contributed by atoms with Crippen LogP contribution in [-0.4, -0.2) is 22.3 Å². The van der Waals surface area contributed by atoms with E-state index in [1.165, 1.54) is 5.56 Å². The second-order valence-electron chi connectivity index (χ2n) is 7.51. The summed E-state index contributed by atoms with van der Waals surface area (Å²) < 4.78 is 0. The molecule has 3 nitrogen and oxygen atoms in total. The molecule has 4 rings (SSSR count).